The molecule has 0 atom stereocenters. The van der Waals surface area contributed by atoms with Crippen LogP contribution in [0, 0.1) is 0 Å². The fourth-order valence-corrected chi connectivity index (χ4v) is 3.66. The molecule has 0 aliphatic carbocycles. The highest BCUT2D eigenvalue weighted by Crippen LogP contribution is 2.06. The van der Waals surface area contributed by atoms with Crippen LogP contribution >= 0.6 is 0 Å². The maximum Gasteiger partial charge on any atom is 0.305 e. The summed E-state index contributed by atoms with van der Waals surface area (Å²) in [4.78, 5) is 52.3. The van der Waals surface area contributed by atoms with Crippen LogP contribution in [0.3, 0.4) is 0 Å². The van der Waals surface area contributed by atoms with Gasteiger partial charge in [0.15, 0.2) is 0 Å². The Kier molecular flexibility index (Phi) is 25.1. The van der Waals surface area contributed by atoms with E-state index in [1.165, 1.54) is 12.2 Å². The third-order valence-electron chi connectivity index (χ3n) is 6.06. The minimum absolute atomic E-state index is 0.220. The van der Waals surface area contributed by atoms with Gasteiger partial charge in [0.05, 0.1) is 26.4 Å². The first-order valence-corrected chi connectivity index (χ1v) is 15.1. The molecule has 0 bridgehead atoms. The predicted molar refractivity (Wildman–Crippen MR) is 157 cm³/mol. The summed E-state index contributed by atoms with van der Waals surface area (Å²) >= 11 is 0. The quantitative estimate of drug-likeness (QED) is 0.0949. The van der Waals surface area contributed by atoms with E-state index >= 15 is 0 Å². The summed E-state index contributed by atoms with van der Waals surface area (Å²) in [6.45, 7) is 7.52. The minimum Gasteiger partial charge on any atom is -0.466 e. The Morgan fingerprint density at radius 1 is 0.650 bits per heavy atom. The molecule has 0 saturated heterocycles. The molecule has 40 heavy (non-hydrogen) atoms. The third kappa shape index (κ3) is 24.6. The molecular formula is C30H55N3O7. The van der Waals surface area contributed by atoms with Crippen LogP contribution in [0.2, 0.25) is 0 Å². The molecule has 232 valence electrons. The normalized spacial score (nSPS) is 11.1. The maximum atomic E-state index is 12.8. The first kappa shape index (κ1) is 37.5. The van der Waals surface area contributed by atoms with Crippen LogP contribution in [0.5, 0.6) is 0 Å². The molecule has 0 unspecified atom stereocenters. The van der Waals surface area contributed by atoms with Crippen LogP contribution in [-0.4, -0.2) is 100 Å². The zero-order valence-corrected chi connectivity index (χ0v) is 25.5. The largest absolute Gasteiger partial charge is 0.466 e. The highest BCUT2D eigenvalue weighted by atomic mass is 16.5. The molecule has 0 saturated carbocycles. The summed E-state index contributed by atoms with van der Waals surface area (Å²) in [5.74, 6) is -1.14. The molecule has 10 heteroatoms. The second-order valence-corrected chi connectivity index (χ2v) is 10.1. The summed E-state index contributed by atoms with van der Waals surface area (Å²) in [6.07, 6.45) is 12.3. The van der Waals surface area contributed by atoms with Crippen molar-refractivity contribution < 1.29 is 33.4 Å². The predicted octanol–water partition coefficient (Wildman–Crippen LogP) is 3.87. The molecule has 0 spiro atoms. The number of unbranched alkanes of at least 4 members (excludes halogenated alkanes) is 6. The lowest BCUT2D eigenvalue weighted by Gasteiger charge is -2.21. The minimum atomic E-state index is -0.376. The van der Waals surface area contributed by atoms with E-state index < -0.39 is 0 Å². The lowest BCUT2D eigenvalue weighted by molar-refractivity contribution is -0.144. The van der Waals surface area contributed by atoms with Gasteiger partial charge in [-0.05, 0) is 39.8 Å². The zero-order valence-electron chi connectivity index (χ0n) is 25.5. The van der Waals surface area contributed by atoms with Crippen LogP contribution in [0.15, 0.2) is 12.2 Å². The van der Waals surface area contributed by atoms with Gasteiger partial charge >= 0.3 is 11.9 Å². The number of nitrogens with zero attached hydrogens (tertiary/aromatic N) is 2. The number of hydrogen-bond acceptors (Lipinski definition) is 8. The molecule has 0 radical (unpaired) electrons. The standard InChI is InChI=1S/C30H55N3O7/c1-5-7-9-11-15-29(36)39-23-13-20-33(21-14-24-40-30(37)16-12-10-8-6-2)28(35)18-17-27(34)31-19-25-38-26-22-32(3)4/h17-18H,5-16,19-26H2,1-4H3,(H,31,34). The molecule has 0 aliphatic rings. The van der Waals surface area contributed by atoms with Crippen LogP contribution in [0.4, 0.5) is 0 Å². The summed E-state index contributed by atoms with van der Waals surface area (Å²) in [5, 5.41) is 2.69. The fourth-order valence-electron chi connectivity index (χ4n) is 3.66. The van der Waals surface area contributed by atoms with Crippen LogP contribution in [0.1, 0.15) is 90.9 Å². The molecule has 0 heterocycles. The van der Waals surface area contributed by atoms with Crippen molar-refractivity contribution in [2.75, 3.05) is 66.7 Å². The Morgan fingerprint density at radius 3 is 1.70 bits per heavy atom. The van der Waals surface area contributed by atoms with Gasteiger partial charge in [0.1, 0.15) is 0 Å². The highest BCUT2D eigenvalue weighted by molar-refractivity contribution is 5.96. The number of carbonyl (C=O) groups excluding carboxylic acids is 4. The molecule has 10 nitrogen and oxygen atoms in total. The zero-order chi connectivity index (χ0) is 29.8. The summed E-state index contributed by atoms with van der Waals surface area (Å²) in [6, 6.07) is 0. The number of rotatable bonds is 26. The van der Waals surface area contributed by atoms with E-state index in [1.807, 2.05) is 19.0 Å². The average molecular weight is 570 g/mol. The summed E-state index contributed by atoms with van der Waals surface area (Å²) in [5.41, 5.74) is 0. The van der Waals surface area contributed by atoms with Gasteiger partial charge in [0.25, 0.3) is 0 Å². The molecule has 0 rings (SSSR count). The fraction of sp³-hybridized carbons (Fsp3) is 0.800. The smallest absolute Gasteiger partial charge is 0.305 e. The van der Waals surface area contributed by atoms with Crippen molar-refractivity contribution in [2.45, 2.75) is 90.9 Å². The topological polar surface area (TPSA) is 114 Å². The van der Waals surface area contributed by atoms with Gasteiger partial charge in [-0.15, -0.1) is 0 Å². The third-order valence-corrected chi connectivity index (χ3v) is 6.06. The Labute approximate surface area is 242 Å². The van der Waals surface area contributed by atoms with Gasteiger partial charge in [0.2, 0.25) is 11.8 Å². The Hall–Kier alpha value is -2.46. The number of likely N-dealkylation sites (N-methyl/N-ethyl adjacent to an activating group) is 1. The van der Waals surface area contributed by atoms with E-state index in [-0.39, 0.29) is 37.0 Å². The molecule has 0 aromatic carbocycles. The molecule has 2 amide bonds. The van der Waals surface area contributed by atoms with Gasteiger partial charge < -0.3 is 29.3 Å². The van der Waals surface area contributed by atoms with Gasteiger partial charge in [-0.1, -0.05) is 52.4 Å². The Bertz CT molecular complexity index is 681. The second-order valence-electron chi connectivity index (χ2n) is 10.1. The van der Waals surface area contributed by atoms with Crippen molar-refractivity contribution in [1.82, 2.24) is 15.1 Å². The van der Waals surface area contributed by atoms with E-state index in [4.69, 9.17) is 14.2 Å². The first-order chi connectivity index (χ1) is 19.3. The van der Waals surface area contributed by atoms with Gasteiger partial charge in [0, 0.05) is 51.2 Å². The highest BCUT2D eigenvalue weighted by Gasteiger charge is 2.13. The number of amides is 2. The SMILES string of the molecule is CCCCCCC(=O)OCCCN(CCCOC(=O)CCCCCC)C(=O)C=CC(=O)NCCOCCN(C)C. The van der Waals surface area contributed by atoms with Crippen LogP contribution < -0.4 is 5.32 Å². The van der Waals surface area contributed by atoms with Crippen molar-refractivity contribution in [1.29, 1.82) is 0 Å². The van der Waals surface area contributed by atoms with Crippen molar-refractivity contribution in [3.05, 3.63) is 12.2 Å². The van der Waals surface area contributed by atoms with Gasteiger partial charge in [-0.3, -0.25) is 19.2 Å². The lowest BCUT2D eigenvalue weighted by Crippen LogP contribution is -2.33. The Morgan fingerprint density at radius 2 is 1.20 bits per heavy atom. The number of ether oxygens (including phenoxy) is 3. The van der Waals surface area contributed by atoms with Crippen LogP contribution in [-0.2, 0) is 33.4 Å². The van der Waals surface area contributed by atoms with Crippen LogP contribution in [0.25, 0.3) is 0 Å². The van der Waals surface area contributed by atoms with E-state index in [2.05, 4.69) is 19.2 Å². The lowest BCUT2D eigenvalue weighted by atomic mass is 10.2. The average Bonchev–Trinajstić information content (AvgIpc) is 2.92. The number of esters is 2. The monoisotopic (exact) mass is 569 g/mol. The van der Waals surface area contributed by atoms with E-state index in [9.17, 15) is 19.2 Å². The second kappa shape index (κ2) is 26.7. The van der Waals surface area contributed by atoms with Crippen molar-refractivity contribution in [2.24, 2.45) is 0 Å². The van der Waals surface area contributed by atoms with Gasteiger partial charge in [-0.2, -0.15) is 0 Å². The van der Waals surface area contributed by atoms with E-state index in [0.29, 0.717) is 58.5 Å². The molecule has 0 fully saturated rings. The summed E-state index contributed by atoms with van der Waals surface area (Å²) < 4.78 is 16.0. The van der Waals surface area contributed by atoms with Gasteiger partial charge in [-0.25, -0.2) is 0 Å². The van der Waals surface area contributed by atoms with E-state index in [1.54, 1.807) is 4.90 Å². The molecule has 0 aliphatic heterocycles. The number of hydrogen-bond donors (Lipinski definition) is 1. The van der Waals surface area contributed by atoms with Crippen molar-refractivity contribution in [3.8, 4) is 0 Å². The first-order valence-electron chi connectivity index (χ1n) is 15.1. The molecule has 0 aromatic heterocycles. The Balaban J connectivity index is 4.57. The summed E-state index contributed by atoms with van der Waals surface area (Å²) in [7, 11) is 3.92. The molecule has 0 aromatic rings. The van der Waals surface area contributed by atoms with Crippen molar-refractivity contribution in [3.63, 3.8) is 0 Å². The molecule has 1 N–H and O–H groups in total. The molecular weight excluding hydrogens is 514 g/mol. The van der Waals surface area contributed by atoms with Crippen molar-refractivity contribution >= 4 is 23.8 Å². The number of nitrogens with one attached hydrogen (secondary N) is 1. The van der Waals surface area contributed by atoms with E-state index in [0.717, 1.165) is 57.9 Å². The number of carbonyl (C=O) groups is 4. The maximum absolute atomic E-state index is 12.8.